The number of phenols is 1. The number of esters is 2. The summed E-state index contributed by atoms with van der Waals surface area (Å²) in [4.78, 5) is 26.2. The molecule has 0 aromatic heterocycles. The molecule has 2 aromatic carbocycles. The lowest BCUT2D eigenvalue weighted by molar-refractivity contribution is -0.364. The van der Waals surface area contributed by atoms with Gasteiger partial charge < -0.3 is 108 Å². The van der Waals surface area contributed by atoms with Crippen molar-refractivity contribution >= 4 is 24.1 Å². The number of aliphatic hydroxyl groups excluding tert-OH is 9. The summed E-state index contributed by atoms with van der Waals surface area (Å²) in [6.07, 6.45) is -20.6. The van der Waals surface area contributed by atoms with Gasteiger partial charge in [0.1, 0.15) is 85.1 Å². The number of aliphatic hydroxyl groups is 9. The highest BCUT2D eigenvalue weighted by atomic mass is 16.8. The van der Waals surface area contributed by atoms with Gasteiger partial charge in [-0.2, -0.15) is 0 Å². The summed E-state index contributed by atoms with van der Waals surface area (Å²) < 4.78 is 69.3. The predicted octanol–water partition coefficient (Wildman–Crippen LogP) is -2.66. The van der Waals surface area contributed by atoms with E-state index in [0.717, 1.165) is 12.2 Å². The van der Waals surface area contributed by atoms with Gasteiger partial charge in [0, 0.05) is 18.1 Å². The molecule has 21 atom stereocenters. The number of hydrogen-bond acceptors (Lipinski definition) is 24. The van der Waals surface area contributed by atoms with Gasteiger partial charge in [-0.3, -0.25) is 0 Å². The fourth-order valence-electron chi connectivity index (χ4n) is 9.43. The monoisotopic (exact) mass is 1010 g/mol. The van der Waals surface area contributed by atoms with Crippen LogP contribution < -0.4 is 9.47 Å². The summed E-state index contributed by atoms with van der Waals surface area (Å²) in [5, 5.41) is 107. The maximum atomic E-state index is 13.4. The fourth-order valence-corrected chi connectivity index (χ4v) is 9.43. The Balaban J connectivity index is 0.999. The van der Waals surface area contributed by atoms with Gasteiger partial charge in [0.2, 0.25) is 6.29 Å². The van der Waals surface area contributed by atoms with Crippen LogP contribution in [0.1, 0.15) is 18.1 Å². The number of carbonyl (C=O) groups is 2. The van der Waals surface area contributed by atoms with Crippen molar-refractivity contribution in [2.24, 2.45) is 11.8 Å². The number of methoxy groups -OCH3 is 2. The highest BCUT2D eigenvalue weighted by Crippen LogP contribution is 2.61. The second-order valence-electron chi connectivity index (χ2n) is 17.7. The van der Waals surface area contributed by atoms with Crippen molar-refractivity contribution in [2.75, 3.05) is 34.0 Å². The molecule has 0 bridgehead atoms. The van der Waals surface area contributed by atoms with Gasteiger partial charge in [-0.05, 0) is 60.5 Å². The van der Waals surface area contributed by atoms with Gasteiger partial charge >= 0.3 is 11.9 Å². The minimum atomic E-state index is -1.99. The normalized spacial score (nSPS) is 40.7. The first-order valence-corrected chi connectivity index (χ1v) is 22.7. The van der Waals surface area contributed by atoms with E-state index in [1.165, 1.54) is 57.8 Å². The van der Waals surface area contributed by atoms with Gasteiger partial charge in [-0.15, -0.1) is 0 Å². The van der Waals surface area contributed by atoms with E-state index in [2.05, 4.69) is 0 Å². The maximum absolute atomic E-state index is 13.4. The predicted molar refractivity (Wildman–Crippen MR) is 234 cm³/mol. The van der Waals surface area contributed by atoms with E-state index in [9.17, 15) is 60.7 Å². The lowest BCUT2D eigenvalue weighted by atomic mass is 9.85. The molecule has 5 fully saturated rings. The standard InChI is InChI=1S/C47H58O24/c1-20-39(67-30(52)13-7-21-4-9-23(60-2)10-5-21)41(69-44-36(57)35(56)33(54)28(66-44)18-63-29(51)12-8-22-6-11-25(50)26(16-22)61-3)38(59)46(64-20)68-40-24-14-15-62-43(31(24)47(19-49)42(40)71-47)70-45-37(58)34(55)32(53)27(17-48)65-45/h4-16,20,24,27-28,31-46,48-50,53-59H,17-19H2,1-3H3. The van der Waals surface area contributed by atoms with Crippen molar-refractivity contribution in [2.45, 2.75) is 123 Å². The number of aromatic hydroxyl groups is 1. The Kier molecular flexibility index (Phi) is 16.3. The number of ether oxygens (including phenoxy) is 12. The summed E-state index contributed by atoms with van der Waals surface area (Å²) in [5.41, 5.74) is -0.307. The van der Waals surface area contributed by atoms with Crippen molar-refractivity contribution in [3.8, 4) is 17.2 Å². The molecule has 2 aromatic rings. The molecule has 390 valence electrons. The van der Waals surface area contributed by atoms with Gasteiger partial charge in [-0.25, -0.2) is 9.59 Å². The third-order valence-electron chi connectivity index (χ3n) is 13.4. The molecule has 5 aliphatic heterocycles. The molecule has 8 rings (SSSR count). The van der Waals surface area contributed by atoms with Gasteiger partial charge in [-0.1, -0.05) is 18.2 Å². The third-order valence-corrected chi connectivity index (χ3v) is 13.4. The molecular weight excluding hydrogens is 948 g/mol. The zero-order valence-corrected chi connectivity index (χ0v) is 38.4. The Labute approximate surface area is 405 Å². The number of rotatable bonds is 17. The highest BCUT2D eigenvalue weighted by Gasteiger charge is 2.77. The first kappa shape index (κ1) is 52.5. The largest absolute Gasteiger partial charge is 0.504 e. The lowest BCUT2D eigenvalue weighted by Crippen LogP contribution is -2.65. The van der Waals surface area contributed by atoms with Crippen LogP contribution in [-0.2, 0) is 57.0 Å². The Morgan fingerprint density at radius 3 is 1.97 bits per heavy atom. The van der Waals surface area contributed by atoms with E-state index in [1.807, 2.05) is 0 Å². The fraction of sp³-hybridized carbons (Fsp3) is 0.574. The average molecular weight is 1010 g/mol. The molecule has 24 heteroatoms. The summed E-state index contributed by atoms with van der Waals surface area (Å²) in [6, 6.07) is 11.1. The van der Waals surface area contributed by atoms with Crippen LogP contribution in [0, 0.1) is 11.8 Å². The second kappa shape index (κ2) is 22.1. The van der Waals surface area contributed by atoms with Crippen LogP contribution in [0.15, 0.2) is 67.0 Å². The Hall–Kier alpha value is -4.84. The van der Waals surface area contributed by atoms with Crippen LogP contribution in [-0.4, -0.2) is 213 Å². The van der Waals surface area contributed by atoms with E-state index in [4.69, 9.17) is 56.8 Å². The van der Waals surface area contributed by atoms with Gasteiger partial charge in [0.05, 0.1) is 51.8 Å². The first-order valence-electron chi connectivity index (χ1n) is 22.7. The molecule has 1 aliphatic carbocycles. The average Bonchev–Trinajstić information content (AvgIpc) is 4.05. The van der Waals surface area contributed by atoms with Crippen molar-refractivity contribution < 1.29 is 117 Å². The maximum Gasteiger partial charge on any atom is 0.331 e. The number of carbonyl (C=O) groups excluding carboxylic acids is 2. The first-order chi connectivity index (χ1) is 34.0. The molecule has 4 saturated heterocycles. The molecule has 0 radical (unpaired) electrons. The lowest BCUT2D eigenvalue weighted by Gasteiger charge is -2.47. The summed E-state index contributed by atoms with van der Waals surface area (Å²) in [7, 11) is 2.86. The third kappa shape index (κ3) is 10.8. The Morgan fingerprint density at radius 2 is 1.30 bits per heavy atom. The van der Waals surface area contributed by atoms with Crippen molar-refractivity contribution in [3.63, 3.8) is 0 Å². The molecular formula is C47H58O24. The number of fused-ring (bicyclic) bond motifs is 3. The van der Waals surface area contributed by atoms with E-state index < -0.39 is 160 Å². The number of epoxide rings is 1. The molecule has 71 heavy (non-hydrogen) atoms. The van der Waals surface area contributed by atoms with Crippen LogP contribution in [0.3, 0.4) is 0 Å². The van der Waals surface area contributed by atoms with E-state index in [-0.39, 0.29) is 11.5 Å². The summed E-state index contributed by atoms with van der Waals surface area (Å²) in [6.45, 7) is -0.503. The molecule has 1 saturated carbocycles. The van der Waals surface area contributed by atoms with Crippen molar-refractivity contribution in [1.82, 2.24) is 0 Å². The zero-order valence-electron chi connectivity index (χ0n) is 38.4. The van der Waals surface area contributed by atoms with Crippen LogP contribution in [0.4, 0.5) is 0 Å². The summed E-state index contributed by atoms with van der Waals surface area (Å²) in [5.74, 6) is -2.83. The Morgan fingerprint density at radius 1 is 0.676 bits per heavy atom. The summed E-state index contributed by atoms with van der Waals surface area (Å²) >= 11 is 0. The van der Waals surface area contributed by atoms with Crippen LogP contribution in [0.2, 0.25) is 0 Å². The minimum Gasteiger partial charge on any atom is -0.504 e. The van der Waals surface area contributed by atoms with Crippen molar-refractivity contribution in [3.05, 3.63) is 78.1 Å². The Bertz CT molecular complexity index is 2240. The highest BCUT2D eigenvalue weighted by molar-refractivity contribution is 5.87. The van der Waals surface area contributed by atoms with E-state index >= 15 is 0 Å². The topological polar surface area (TPSA) is 351 Å². The smallest absolute Gasteiger partial charge is 0.331 e. The SMILES string of the molecule is COc1ccc(C=CC(=O)OC2C(C)OC(OC3C4C=COC(OC5OC(CO)C(O)C(O)C5O)C4C4(CO)OC34)C(O)C2OC2OC(COC(=O)C=Cc3ccc(O)c(OC)c3)C(O)C(O)C2O)cc1. The number of hydrogen-bond donors (Lipinski definition) is 10. The minimum absolute atomic E-state index is 0.120. The van der Waals surface area contributed by atoms with E-state index in [0.29, 0.717) is 16.9 Å². The molecule has 21 unspecified atom stereocenters. The van der Waals surface area contributed by atoms with E-state index in [1.54, 1.807) is 30.3 Å². The quantitative estimate of drug-likeness (QED) is 0.0439. The van der Waals surface area contributed by atoms with Crippen LogP contribution >= 0.6 is 0 Å². The molecule has 0 amide bonds. The number of benzene rings is 2. The zero-order chi connectivity index (χ0) is 50.9. The molecule has 0 spiro atoms. The van der Waals surface area contributed by atoms with Crippen LogP contribution in [0.25, 0.3) is 12.2 Å². The second-order valence-corrected chi connectivity index (χ2v) is 17.7. The van der Waals surface area contributed by atoms with Crippen LogP contribution in [0.5, 0.6) is 17.2 Å². The number of phenolic OH excluding ortho intramolecular Hbond substituents is 1. The molecule has 6 aliphatic rings. The molecule has 10 N–H and O–H groups in total. The molecule has 24 nitrogen and oxygen atoms in total. The van der Waals surface area contributed by atoms with Gasteiger partial charge in [0.15, 0.2) is 36.5 Å². The molecule has 5 heterocycles. The van der Waals surface area contributed by atoms with Gasteiger partial charge in [0.25, 0.3) is 0 Å². The van der Waals surface area contributed by atoms with Crippen molar-refractivity contribution in [1.29, 1.82) is 0 Å².